The first-order chi connectivity index (χ1) is 7.72. The van der Waals surface area contributed by atoms with Gasteiger partial charge in [0.2, 0.25) is 5.91 Å². The minimum Gasteiger partial charge on any atom is -0.294 e. The van der Waals surface area contributed by atoms with Gasteiger partial charge in [-0.15, -0.1) is 11.3 Å². The van der Waals surface area contributed by atoms with E-state index >= 15 is 0 Å². The van der Waals surface area contributed by atoms with E-state index in [0.717, 1.165) is 35.0 Å². The molecule has 1 aromatic heterocycles. The van der Waals surface area contributed by atoms with Crippen molar-refractivity contribution in [3.8, 4) is 0 Å². The van der Waals surface area contributed by atoms with Crippen LogP contribution >= 0.6 is 23.1 Å². The zero-order valence-corrected chi connectivity index (χ0v) is 11.0. The van der Waals surface area contributed by atoms with Crippen molar-refractivity contribution in [3.05, 3.63) is 11.1 Å². The highest BCUT2D eigenvalue weighted by molar-refractivity contribution is 8.00. The zero-order chi connectivity index (χ0) is 11.8. The fourth-order valence-electron chi connectivity index (χ4n) is 1.19. The molecule has 3 N–H and O–H groups in total. The lowest BCUT2D eigenvalue weighted by atomic mass is 10.2. The van der Waals surface area contributed by atoms with Crippen molar-refractivity contribution in [2.45, 2.75) is 36.9 Å². The molecule has 0 fully saturated rings. The van der Waals surface area contributed by atoms with Gasteiger partial charge in [0.1, 0.15) is 4.34 Å². The predicted molar refractivity (Wildman–Crippen MR) is 68.4 cm³/mol. The van der Waals surface area contributed by atoms with E-state index in [0.29, 0.717) is 6.42 Å². The largest absolute Gasteiger partial charge is 0.294 e. The first kappa shape index (κ1) is 13.5. The van der Waals surface area contributed by atoms with E-state index in [1.807, 2.05) is 6.92 Å². The van der Waals surface area contributed by atoms with Crippen molar-refractivity contribution >= 4 is 29.0 Å². The monoisotopic (exact) mass is 259 g/mol. The Morgan fingerprint density at radius 1 is 1.56 bits per heavy atom. The highest BCUT2D eigenvalue weighted by Crippen LogP contribution is 2.23. The van der Waals surface area contributed by atoms with Crippen LogP contribution in [-0.2, 0) is 4.79 Å². The molecule has 0 aromatic carbocycles. The molecule has 0 unspecified atom stereocenters. The molecule has 0 aliphatic rings. The fourth-order valence-corrected chi connectivity index (χ4v) is 3.11. The van der Waals surface area contributed by atoms with E-state index in [9.17, 15) is 4.79 Å². The van der Waals surface area contributed by atoms with Gasteiger partial charge in [-0.1, -0.05) is 18.2 Å². The smallest absolute Gasteiger partial charge is 0.233 e. The predicted octanol–water partition coefficient (Wildman–Crippen LogP) is 2.09. The average Bonchev–Trinajstić information content (AvgIpc) is 2.69. The molecule has 0 bridgehead atoms. The molecule has 0 saturated heterocycles. The number of rotatable bonds is 7. The minimum absolute atomic E-state index is 0.0804. The Labute approximate surface area is 104 Å². The first-order valence-corrected chi connectivity index (χ1v) is 7.13. The van der Waals surface area contributed by atoms with Gasteiger partial charge in [-0.25, -0.2) is 10.8 Å². The molecule has 0 spiro atoms. The summed E-state index contributed by atoms with van der Waals surface area (Å²) in [5, 5.41) is 2.06. The van der Waals surface area contributed by atoms with Crippen LogP contribution in [0.15, 0.2) is 9.72 Å². The number of thiazole rings is 1. The molecule has 0 radical (unpaired) electrons. The fraction of sp³-hybridized carbons (Fsp3) is 0.600. The summed E-state index contributed by atoms with van der Waals surface area (Å²) in [4.78, 5) is 15.2. The van der Waals surface area contributed by atoms with Crippen LogP contribution in [0.3, 0.4) is 0 Å². The van der Waals surface area contributed by atoms with Crippen molar-refractivity contribution in [1.29, 1.82) is 0 Å². The lowest BCUT2D eigenvalue weighted by molar-refractivity contribution is -0.121. The van der Waals surface area contributed by atoms with E-state index in [4.69, 9.17) is 5.84 Å². The van der Waals surface area contributed by atoms with E-state index in [2.05, 4.69) is 15.8 Å². The average molecular weight is 259 g/mol. The number of carbonyl (C=O) groups is 1. The molecule has 0 saturated carbocycles. The number of hydrogen-bond donors (Lipinski definition) is 2. The molecule has 1 heterocycles. The second kappa shape index (κ2) is 7.65. The Morgan fingerprint density at radius 2 is 2.38 bits per heavy atom. The van der Waals surface area contributed by atoms with Crippen molar-refractivity contribution in [1.82, 2.24) is 10.4 Å². The third kappa shape index (κ3) is 5.48. The summed E-state index contributed by atoms with van der Waals surface area (Å²) in [6.07, 6.45) is 3.60. The number of nitrogens with zero attached hydrogens (tertiary/aromatic N) is 1. The summed E-state index contributed by atoms with van der Waals surface area (Å²) in [7, 11) is 0. The molecule has 0 aliphatic carbocycles. The number of thioether (sulfide) groups is 1. The van der Waals surface area contributed by atoms with Crippen LogP contribution in [-0.4, -0.2) is 16.6 Å². The Morgan fingerprint density at radius 3 is 3.00 bits per heavy atom. The molecule has 6 heteroatoms. The number of nitrogens with two attached hydrogens (primary N) is 1. The Hall–Kier alpha value is -0.590. The number of hydrogen-bond acceptors (Lipinski definition) is 5. The second-order valence-electron chi connectivity index (χ2n) is 3.48. The van der Waals surface area contributed by atoms with Gasteiger partial charge < -0.3 is 0 Å². The second-order valence-corrected chi connectivity index (χ2v) is 5.68. The van der Waals surface area contributed by atoms with Crippen LogP contribution in [0, 0.1) is 6.92 Å². The van der Waals surface area contributed by atoms with E-state index in [-0.39, 0.29) is 5.91 Å². The Kier molecular flexibility index (Phi) is 6.44. The van der Waals surface area contributed by atoms with Gasteiger partial charge in [0.05, 0.1) is 0 Å². The lowest BCUT2D eigenvalue weighted by Gasteiger charge is -1.99. The summed E-state index contributed by atoms with van der Waals surface area (Å²) in [6, 6.07) is 0. The van der Waals surface area contributed by atoms with Crippen molar-refractivity contribution in [2.75, 3.05) is 5.75 Å². The molecule has 1 aromatic rings. The molecule has 0 atom stereocenters. The van der Waals surface area contributed by atoms with Gasteiger partial charge in [0.25, 0.3) is 0 Å². The molecule has 90 valence electrons. The minimum atomic E-state index is -0.0804. The summed E-state index contributed by atoms with van der Waals surface area (Å²) in [5.74, 6) is 5.97. The maximum atomic E-state index is 10.8. The molecular weight excluding hydrogens is 242 g/mol. The van der Waals surface area contributed by atoms with Gasteiger partial charge in [-0.05, 0) is 19.8 Å². The maximum Gasteiger partial charge on any atom is 0.233 e. The number of carbonyl (C=O) groups excluding carboxylic acids is 1. The number of unbranched alkanes of at least 4 members (excludes halogenated alkanes) is 2. The van der Waals surface area contributed by atoms with Crippen molar-refractivity contribution in [3.63, 3.8) is 0 Å². The van der Waals surface area contributed by atoms with Crippen LogP contribution in [0.1, 0.15) is 31.4 Å². The van der Waals surface area contributed by atoms with Crippen LogP contribution in [0.2, 0.25) is 0 Å². The number of hydrazine groups is 1. The van der Waals surface area contributed by atoms with Gasteiger partial charge >= 0.3 is 0 Å². The number of aryl methyl sites for hydroxylation is 1. The highest BCUT2D eigenvalue weighted by atomic mass is 32.2. The third-order valence-electron chi connectivity index (χ3n) is 2.03. The zero-order valence-electron chi connectivity index (χ0n) is 9.36. The maximum absolute atomic E-state index is 10.8. The van der Waals surface area contributed by atoms with Crippen LogP contribution in [0.25, 0.3) is 0 Å². The van der Waals surface area contributed by atoms with Crippen molar-refractivity contribution < 1.29 is 4.79 Å². The Bertz CT molecular complexity index is 328. The van der Waals surface area contributed by atoms with E-state index in [1.54, 1.807) is 23.1 Å². The highest BCUT2D eigenvalue weighted by Gasteiger charge is 2.00. The molecule has 1 rings (SSSR count). The topological polar surface area (TPSA) is 68.0 Å². The summed E-state index contributed by atoms with van der Waals surface area (Å²) < 4.78 is 1.14. The van der Waals surface area contributed by atoms with E-state index < -0.39 is 0 Å². The SMILES string of the molecule is Cc1csc(SCCCCCC(=O)NN)n1. The van der Waals surface area contributed by atoms with E-state index in [1.165, 1.54) is 0 Å². The van der Waals surface area contributed by atoms with Gasteiger partial charge in [0.15, 0.2) is 0 Å². The van der Waals surface area contributed by atoms with Crippen LogP contribution in [0.4, 0.5) is 0 Å². The summed E-state index contributed by atoms with van der Waals surface area (Å²) >= 11 is 3.48. The number of amides is 1. The van der Waals surface area contributed by atoms with Crippen molar-refractivity contribution in [2.24, 2.45) is 5.84 Å². The molecule has 1 amide bonds. The molecule has 16 heavy (non-hydrogen) atoms. The quantitative estimate of drug-likeness (QED) is 0.259. The molecule has 0 aliphatic heterocycles. The summed E-state index contributed by atoms with van der Waals surface area (Å²) in [6.45, 7) is 2.01. The van der Waals surface area contributed by atoms with Gasteiger partial charge in [0, 0.05) is 23.2 Å². The lowest BCUT2D eigenvalue weighted by Crippen LogP contribution is -2.29. The van der Waals surface area contributed by atoms with Gasteiger partial charge in [-0.3, -0.25) is 10.2 Å². The third-order valence-corrected chi connectivity index (χ3v) is 4.26. The number of aromatic nitrogens is 1. The normalized spacial score (nSPS) is 10.4. The standard InChI is InChI=1S/C10H17N3OS2/c1-8-7-16-10(12-8)15-6-4-2-3-5-9(14)13-11/h7H,2-6,11H2,1H3,(H,13,14). The van der Waals surface area contributed by atoms with Gasteiger partial charge in [-0.2, -0.15) is 0 Å². The van der Waals surface area contributed by atoms with Crippen LogP contribution in [0.5, 0.6) is 0 Å². The summed E-state index contributed by atoms with van der Waals surface area (Å²) in [5.41, 5.74) is 3.22. The first-order valence-electron chi connectivity index (χ1n) is 5.26. The van der Waals surface area contributed by atoms with Crippen LogP contribution < -0.4 is 11.3 Å². The molecule has 4 nitrogen and oxygen atoms in total. The molecular formula is C10H17N3OS2. The number of nitrogens with one attached hydrogen (secondary N) is 1. The Balaban J connectivity index is 1.98.